The first-order valence-electron chi connectivity index (χ1n) is 2.25. The molecule has 9 heavy (non-hydrogen) atoms. The van der Waals surface area contributed by atoms with Gasteiger partial charge in [-0.05, 0) is 0 Å². The largest absolute Gasteiger partial charge is 0.291 e. The standard InChI is InChI=1S/C5H5NOS2/c1-3-5-4-6(2)9(7)8-5/h1,4H,2H3. The molecule has 1 atom stereocenters. The van der Waals surface area contributed by atoms with Gasteiger partial charge in [-0.25, -0.2) is 4.21 Å². The van der Waals surface area contributed by atoms with Gasteiger partial charge in [0.2, 0.25) is 0 Å². The molecule has 0 amide bonds. The summed E-state index contributed by atoms with van der Waals surface area (Å²) in [6.07, 6.45) is 6.75. The third kappa shape index (κ3) is 1.29. The molecule has 2 nitrogen and oxygen atoms in total. The van der Waals surface area contributed by atoms with Crippen molar-refractivity contribution >= 4 is 20.8 Å². The molecule has 0 aliphatic carbocycles. The molecule has 0 aromatic rings. The third-order valence-corrected chi connectivity index (χ3v) is 3.63. The molecule has 0 spiro atoms. The molecular weight excluding hydrogens is 154 g/mol. The minimum atomic E-state index is -0.983. The van der Waals surface area contributed by atoms with Crippen LogP contribution in [0.5, 0.6) is 0 Å². The summed E-state index contributed by atoms with van der Waals surface area (Å²) >= 11 is 0. The summed E-state index contributed by atoms with van der Waals surface area (Å²) in [6, 6.07) is 0. The molecule has 0 N–H and O–H groups in total. The molecule has 1 heterocycles. The van der Waals surface area contributed by atoms with Crippen molar-refractivity contribution in [1.29, 1.82) is 0 Å². The van der Waals surface area contributed by atoms with Crippen molar-refractivity contribution in [1.82, 2.24) is 4.31 Å². The molecule has 1 unspecified atom stereocenters. The van der Waals surface area contributed by atoms with Gasteiger partial charge in [-0.1, -0.05) is 5.92 Å². The summed E-state index contributed by atoms with van der Waals surface area (Å²) in [6.45, 7) is 0. The van der Waals surface area contributed by atoms with E-state index in [-0.39, 0.29) is 0 Å². The number of rotatable bonds is 0. The van der Waals surface area contributed by atoms with Gasteiger partial charge >= 0.3 is 0 Å². The predicted octanol–water partition coefficient (Wildman–Crippen LogP) is 0.718. The number of nitrogens with zero attached hydrogens (tertiary/aromatic N) is 1. The lowest BCUT2D eigenvalue weighted by atomic mass is 10.6. The Balaban J connectivity index is 2.77. The first kappa shape index (κ1) is 6.72. The second-order valence-electron chi connectivity index (χ2n) is 1.48. The quantitative estimate of drug-likeness (QED) is 0.383. The Morgan fingerprint density at radius 1 is 2.00 bits per heavy atom. The zero-order valence-electron chi connectivity index (χ0n) is 4.83. The van der Waals surface area contributed by atoms with E-state index in [2.05, 4.69) is 5.92 Å². The van der Waals surface area contributed by atoms with E-state index in [1.807, 2.05) is 0 Å². The minimum absolute atomic E-state index is 0.732. The maximum atomic E-state index is 10.8. The van der Waals surface area contributed by atoms with Gasteiger partial charge in [0.1, 0.15) is 0 Å². The number of allylic oxidation sites excluding steroid dienone is 1. The van der Waals surface area contributed by atoms with Gasteiger partial charge in [-0.3, -0.25) is 4.31 Å². The van der Waals surface area contributed by atoms with Crippen LogP contribution >= 0.6 is 10.8 Å². The van der Waals surface area contributed by atoms with Crippen LogP contribution < -0.4 is 0 Å². The van der Waals surface area contributed by atoms with Crippen LogP contribution in [0.15, 0.2) is 11.1 Å². The molecule has 0 aromatic carbocycles. The molecule has 1 rings (SSSR count). The summed E-state index contributed by atoms with van der Waals surface area (Å²) in [7, 11) is 1.94. The van der Waals surface area contributed by atoms with E-state index >= 15 is 0 Å². The Labute approximate surface area is 60.3 Å². The molecular formula is C5H5NOS2. The zero-order chi connectivity index (χ0) is 6.85. The van der Waals surface area contributed by atoms with Crippen molar-refractivity contribution < 1.29 is 4.21 Å². The first-order valence-corrected chi connectivity index (χ1v) is 4.69. The average molecular weight is 159 g/mol. The predicted molar refractivity (Wildman–Crippen MR) is 40.4 cm³/mol. The highest BCUT2D eigenvalue weighted by Crippen LogP contribution is 2.28. The van der Waals surface area contributed by atoms with E-state index in [9.17, 15) is 4.21 Å². The summed E-state index contributed by atoms with van der Waals surface area (Å²) < 4.78 is 12.4. The van der Waals surface area contributed by atoms with Crippen molar-refractivity contribution in [3.63, 3.8) is 0 Å². The topological polar surface area (TPSA) is 20.3 Å². The van der Waals surface area contributed by atoms with Crippen LogP contribution in [0.4, 0.5) is 0 Å². The smallest absolute Gasteiger partial charge is 0.186 e. The first-order chi connectivity index (χ1) is 4.24. The van der Waals surface area contributed by atoms with Gasteiger partial charge in [0.15, 0.2) is 10.0 Å². The van der Waals surface area contributed by atoms with E-state index < -0.39 is 10.0 Å². The van der Waals surface area contributed by atoms with E-state index in [1.54, 1.807) is 17.6 Å². The van der Waals surface area contributed by atoms with Crippen LogP contribution in [-0.2, 0) is 10.0 Å². The molecule has 4 heteroatoms. The fourth-order valence-electron chi connectivity index (χ4n) is 0.427. The summed E-state index contributed by atoms with van der Waals surface area (Å²) in [5.41, 5.74) is 0. The number of hydrogen-bond acceptors (Lipinski definition) is 2. The van der Waals surface area contributed by atoms with Gasteiger partial charge in [0, 0.05) is 24.0 Å². The van der Waals surface area contributed by atoms with Crippen LogP contribution in [-0.4, -0.2) is 15.6 Å². The van der Waals surface area contributed by atoms with Crippen molar-refractivity contribution in [2.45, 2.75) is 0 Å². The van der Waals surface area contributed by atoms with Crippen molar-refractivity contribution in [3.05, 3.63) is 11.1 Å². The summed E-state index contributed by atoms with van der Waals surface area (Å²) in [4.78, 5) is 0.732. The van der Waals surface area contributed by atoms with E-state index in [1.165, 1.54) is 10.8 Å². The van der Waals surface area contributed by atoms with Crippen LogP contribution in [0.25, 0.3) is 0 Å². The number of terminal acetylenes is 1. The summed E-state index contributed by atoms with van der Waals surface area (Å²) in [5, 5.41) is 0. The van der Waals surface area contributed by atoms with Crippen molar-refractivity contribution in [3.8, 4) is 12.3 Å². The Bertz CT molecular complexity index is 215. The lowest BCUT2D eigenvalue weighted by Gasteiger charge is -1.99. The van der Waals surface area contributed by atoms with E-state index in [0.29, 0.717) is 0 Å². The highest BCUT2D eigenvalue weighted by Gasteiger charge is 2.15. The third-order valence-electron chi connectivity index (χ3n) is 0.838. The van der Waals surface area contributed by atoms with Crippen molar-refractivity contribution in [2.24, 2.45) is 0 Å². The second kappa shape index (κ2) is 2.46. The Morgan fingerprint density at radius 3 is 2.89 bits per heavy atom. The van der Waals surface area contributed by atoms with Crippen molar-refractivity contribution in [2.75, 3.05) is 7.05 Å². The van der Waals surface area contributed by atoms with Crippen LogP contribution in [0.3, 0.4) is 0 Å². The lowest BCUT2D eigenvalue weighted by Crippen LogP contribution is -2.04. The molecule has 0 fully saturated rings. The SMILES string of the molecule is C#CC1=CN(C)S(=O)S1. The average Bonchev–Trinajstić information content (AvgIpc) is 2.13. The molecule has 0 aromatic heterocycles. The minimum Gasteiger partial charge on any atom is -0.291 e. The maximum absolute atomic E-state index is 10.8. The molecule has 0 saturated heterocycles. The molecule has 1 aliphatic rings. The molecule has 0 radical (unpaired) electrons. The van der Waals surface area contributed by atoms with Gasteiger partial charge < -0.3 is 0 Å². The van der Waals surface area contributed by atoms with Gasteiger partial charge in [-0.15, -0.1) is 6.42 Å². The lowest BCUT2D eigenvalue weighted by molar-refractivity contribution is 0.645. The van der Waals surface area contributed by atoms with Gasteiger partial charge in [0.25, 0.3) is 0 Å². The highest BCUT2D eigenvalue weighted by atomic mass is 33.1. The maximum Gasteiger partial charge on any atom is 0.186 e. The number of hydrogen-bond donors (Lipinski definition) is 0. The van der Waals surface area contributed by atoms with E-state index in [4.69, 9.17) is 6.42 Å². The van der Waals surface area contributed by atoms with Crippen LogP contribution in [0.1, 0.15) is 0 Å². The second-order valence-corrected chi connectivity index (χ2v) is 4.46. The molecule has 1 aliphatic heterocycles. The molecule has 0 saturated carbocycles. The molecule has 48 valence electrons. The Kier molecular flexibility index (Phi) is 1.84. The van der Waals surface area contributed by atoms with Crippen LogP contribution in [0.2, 0.25) is 0 Å². The van der Waals surface area contributed by atoms with Gasteiger partial charge in [-0.2, -0.15) is 0 Å². The Morgan fingerprint density at radius 2 is 2.67 bits per heavy atom. The van der Waals surface area contributed by atoms with Crippen LogP contribution in [0, 0.1) is 12.3 Å². The van der Waals surface area contributed by atoms with E-state index in [0.717, 1.165) is 4.91 Å². The Hall–Kier alpha value is -0.400. The monoisotopic (exact) mass is 159 g/mol. The van der Waals surface area contributed by atoms with Gasteiger partial charge in [0.05, 0.1) is 4.91 Å². The fraction of sp³-hybridized carbons (Fsp3) is 0.200. The fourth-order valence-corrected chi connectivity index (χ4v) is 2.42. The molecule has 0 bridgehead atoms. The highest BCUT2D eigenvalue weighted by molar-refractivity contribution is 8.70. The summed E-state index contributed by atoms with van der Waals surface area (Å²) in [5.74, 6) is 2.41. The zero-order valence-corrected chi connectivity index (χ0v) is 6.46. The normalized spacial score (nSPS) is 25.6.